The van der Waals surface area contributed by atoms with Crippen LogP contribution in [0.15, 0.2) is 12.1 Å². The number of carbonyl (C=O) groups is 1. The number of anilines is 1. The van der Waals surface area contributed by atoms with Crippen LogP contribution in [0.4, 0.5) is 5.69 Å². The Kier molecular flexibility index (Phi) is 2.31. The van der Waals surface area contributed by atoms with E-state index < -0.39 is 11.9 Å². The molecular formula is C12H13NO4. The van der Waals surface area contributed by atoms with Gasteiger partial charge in [-0.3, -0.25) is 4.79 Å². The summed E-state index contributed by atoms with van der Waals surface area (Å²) in [6, 6.07) is 3.62. The number of aliphatic carboxylic acids is 1. The highest BCUT2D eigenvalue weighted by Gasteiger charge is 2.28. The number of carboxylic acid groups (broad SMARTS) is 1. The first-order valence-corrected chi connectivity index (χ1v) is 5.66. The van der Waals surface area contributed by atoms with E-state index >= 15 is 0 Å². The lowest BCUT2D eigenvalue weighted by molar-refractivity contribution is -0.138. The van der Waals surface area contributed by atoms with E-state index in [0.29, 0.717) is 37.7 Å². The molecule has 5 heteroatoms. The van der Waals surface area contributed by atoms with Crippen molar-refractivity contribution >= 4 is 11.7 Å². The van der Waals surface area contributed by atoms with E-state index in [4.69, 9.17) is 9.47 Å². The molecule has 1 aromatic carbocycles. The zero-order valence-corrected chi connectivity index (χ0v) is 9.23. The van der Waals surface area contributed by atoms with Crippen LogP contribution in [0, 0.1) is 0 Å². The van der Waals surface area contributed by atoms with Crippen LogP contribution in [0.5, 0.6) is 11.5 Å². The Morgan fingerprint density at radius 3 is 2.71 bits per heavy atom. The van der Waals surface area contributed by atoms with Crippen LogP contribution in [0.2, 0.25) is 0 Å². The number of nitrogens with one attached hydrogen (secondary N) is 1. The molecule has 2 aliphatic heterocycles. The first-order valence-electron chi connectivity index (χ1n) is 5.66. The normalized spacial score (nSPS) is 21.3. The molecule has 0 saturated heterocycles. The second-order valence-electron chi connectivity index (χ2n) is 4.19. The maximum atomic E-state index is 11.2. The smallest absolute Gasteiger partial charge is 0.311 e. The Hall–Kier alpha value is -1.91. The number of carboxylic acids is 1. The van der Waals surface area contributed by atoms with Gasteiger partial charge >= 0.3 is 5.97 Å². The fourth-order valence-corrected chi connectivity index (χ4v) is 2.31. The molecule has 0 bridgehead atoms. The van der Waals surface area contributed by atoms with Gasteiger partial charge in [0.05, 0.1) is 5.92 Å². The molecule has 1 unspecified atom stereocenters. The van der Waals surface area contributed by atoms with Crippen molar-refractivity contribution in [3.8, 4) is 11.5 Å². The molecule has 5 nitrogen and oxygen atoms in total. The summed E-state index contributed by atoms with van der Waals surface area (Å²) in [5, 5.41) is 12.4. The number of hydrogen-bond acceptors (Lipinski definition) is 4. The van der Waals surface area contributed by atoms with Crippen molar-refractivity contribution in [2.75, 3.05) is 25.1 Å². The van der Waals surface area contributed by atoms with Gasteiger partial charge in [-0.05, 0) is 18.1 Å². The van der Waals surface area contributed by atoms with E-state index in [1.807, 2.05) is 6.07 Å². The monoisotopic (exact) mass is 235 g/mol. The van der Waals surface area contributed by atoms with Crippen molar-refractivity contribution in [1.29, 1.82) is 0 Å². The Morgan fingerprint density at radius 1 is 1.29 bits per heavy atom. The molecule has 0 spiro atoms. The van der Waals surface area contributed by atoms with Gasteiger partial charge in [-0.2, -0.15) is 0 Å². The molecule has 3 rings (SSSR count). The van der Waals surface area contributed by atoms with Gasteiger partial charge in [0.25, 0.3) is 0 Å². The minimum absolute atomic E-state index is 0.456. The van der Waals surface area contributed by atoms with E-state index in [-0.39, 0.29) is 0 Å². The van der Waals surface area contributed by atoms with Crippen LogP contribution < -0.4 is 14.8 Å². The minimum atomic E-state index is -0.788. The molecule has 2 aliphatic rings. The second-order valence-corrected chi connectivity index (χ2v) is 4.19. The molecule has 1 aromatic rings. The van der Waals surface area contributed by atoms with Crippen LogP contribution in [0.25, 0.3) is 0 Å². The highest BCUT2D eigenvalue weighted by molar-refractivity contribution is 5.81. The average molecular weight is 235 g/mol. The van der Waals surface area contributed by atoms with Crippen LogP contribution in [0.3, 0.4) is 0 Å². The van der Waals surface area contributed by atoms with Crippen molar-refractivity contribution in [3.05, 3.63) is 17.7 Å². The summed E-state index contributed by atoms with van der Waals surface area (Å²) in [5.41, 5.74) is 1.63. The Morgan fingerprint density at radius 2 is 2.00 bits per heavy atom. The van der Waals surface area contributed by atoms with Gasteiger partial charge in [0, 0.05) is 18.3 Å². The van der Waals surface area contributed by atoms with E-state index in [0.717, 1.165) is 11.3 Å². The van der Waals surface area contributed by atoms with Gasteiger partial charge in [-0.1, -0.05) is 0 Å². The van der Waals surface area contributed by atoms with Crippen LogP contribution in [-0.2, 0) is 4.79 Å². The summed E-state index contributed by atoms with van der Waals surface area (Å²) in [7, 11) is 0. The number of benzene rings is 1. The van der Waals surface area contributed by atoms with E-state index in [2.05, 4.69) is 5.32 Å². The molecular weight excluding hydrogens is 222 g/mol. The molecule has 17 heavy (non-hydrogen) atoms. The van der Waals surface area contributed by atoms with Gasteiger partial charge < -0.3 is 19.9 Å². The largest absolute Gasteiger partial charge is 0.486 e. The molecule has 2 heterocycles. The molecule has 0 aliphatic carbocycles. The fourth-order valence-electron chi connectivity index (χ4n) is 2.31. The Bertz CT molecular complexity index is 472. The van der Waals surface area contributed by atoms with Gasteiger partial charge in [0.2, 0.25) is 0 Å². The summed E-state index contributed by atoms with van der Waals surface area (Å²) in [4.78, 5) is 11.2. The SMILES string of the molecule is O=C(O)C1CCNc2cc3c(cc21)OCCO3. The molecule has 0 radical (unpaired) electrons. The van der Waals surface area contributed by atoms with Crippen LogP contribution in [0.1, 0.15) is 17.9 Å². The van der Waals surface area contributed by atoms with Crippen LogP contribution in [-0.4, -0.2) is 30.8 Å². The predicted octanol–water partition coefficient (Wildman–Crippen LogP) is 1.44. The summed E-state index contributed by atoms with van der Waals surface area (Å²) in [6.45, 7) is 1.72. The highest BCUT2D eigenvalue weighted by Crippen LogP contribution is 2.41. The van der Waals surface area contributed by atoms with Crippen molar-refractivity contribution in [2.45, 2.75) is 12.3 Å². The number of ether oxygens (including phenoxy) is 2. The quantitative estimate of drug-likeness (QED) is 0.771. The van der Waals surface area contributed by atoms with E-state index in [1.54, 1.807) is 6.07 Å². The van der Waals surface area contributed by atoms with Crippen LogP contribution >= 0.6 is 0 Å². The second kappa shape index (κ2) is 3.84. The molecule has 2 N–H and O–H groups in total. The standard InChI is InChI=1S/C12H13NO4/c14-12(15)7-1-2-13-9-6-11-10(5-8(7)9)16-3-4-17-11/h5-7,13H,1-4H2,(H,14,15). The first-order chi connectivity index (χ1) is 8.25. The lowest BCUT2D eigenvalue weighted by Gasteiger charge is -2.27. The van der Waals surface area contributed by atoms with E-state index in [1.165, 1.54) is 0 Å². The highest BCUT2D eigenvalue weighted by atomic mass is 16.6. The fraction of sp³-hybridized carbons (Fsp3) is 0.417. The zero-order valence-electron chi connectivity index (χ0n) is 9.23. The average Bonchev–Trinajstić information content (AvgIpc) is 2.35. The Balaban J connectivity index is 2.07. The van der Waals surface area contributed by atoms with Gasteiger partial charge in [-0.15, -0.1) is 0 Å². The molecule has 90 valence electrons. The first kappa shape index (κ1) is 10.3. The third-order valence-electron chi connectivity index (χ3n) is 3.14. The summed E-state index contributed by atoms with van der Waals surface area (Å²) >= 11 is 0. The topological polar surface area (TPSA) is 67.8 Å². The lowest BCUT2D eigenvalue weighted by Crippen LogP contribution is -2.24. The van der Waals surface area contributed by atoms with Crippen molar-refractivity contribution < 1.29 is 19.4 Å². The number of fused-ring (bicyclic) bond motifs is 2. The zero-order chi connectivity index (χ0) is 11.8. The molecule has 1 atom stereocenters. The molecule has 0 amide bonds. The maximum Gasteiger partial charge on any atom is 0.311 e. The Labute approximate surface area is 98.3 Å². The van der Waals surface area contributed by atoms with Gasteiger partial charge in [0.15, 0.2) is 11.5 Å². The summed E-state index contributed by atoms with van der Waals surface area (Å²) < 4.78 is 10.9. The summed E-state index contributed by atoms with van der Waals surface area (Å²) in [6.07, 6.45) is 0.599. The molecule has 0 saturated carbocycles. The van der Waals surface area contributed by atoms with Crippen molar-refractivity contribution in [3.63, 3.8) is 0 Å². The van der Waals surface area contributed by atoms with E-state index in [9.17, 15) is 9.90 Å². The number of hydrogen-bond donors (Lipinski definition) is 2. The van der Waals surface area contributed by atoms with Gasteiger partial charge in [-0.25, -0.2) is 0 Å². The lowest BCUT2D eigenvalue weighted by atomic mass is 9.90. The maximum absolute atomic E-state index is 11.2. The summed E-state index contributed by atoms with van der Waals surface area (Å²) in [5.74, 6) is 0.0880. The predicted molar refractivity (Wildman–Crippen MR) is 60.9 cm³/mol. The molecule has 0 aromatic heterocycles. The minimum Gasteiger partial charge on any atom is -0.486 e. The third-order valence-corrected chi connectivity index (χ3v) is 3.14. The van der Waals surface area contributed by atoms with Gasteiger partial charge in [0.1, 0.15) is 13.2 Å². The van der Waals surface area contributed by atoms with Crippen molar-refractivity contribution in [1.82, 2.24) is 0 Å². The molecule has 0 fully saturated rings. The third kappa shape index (κ3) is 1.67. The van der Waals surface area contributed by atoms with Crippen molar-refractivity contribution in [2.24, 2.45) is 0 Å². The number of rotatable bonds is 1.